The van der Waals surface area contributed by atoms with E-state index < -0.39 is 5.54 Å². The molecule has 154 valence electrons. The molecule has 2 saturated heterocycles. The zero-order chi connectivity index (χ0) is 20.5. The summed E-state index contributed by atoms with van der Waals surface area (Å²) in [5.74, 6) is 0.670. The number of amides is 2. The van der Waals surface area contributed by atoms with Crippen LogP contribution in [0, 0.1) is 5.92 Å². The lowest BCUT2D eigenvalue weighted by Crippen LogP contribution is -2.62. The molecule has 0 saturated carbocycles. The van der Waals surface area contributed by atoms with Crippen molar-refractivity contribution in [2.75, 3.05) is 19.7 Å². The normalized spacial score (nSPS) is 22.6. The number of hydrogen-bond donors (Lipinski definition) is 1. The summed E-state index contributed by atoms with van der Waals surface area (Å²) >= 11 is 0. The standard InChI is InChI=1S/C22H32N2O4/c1-15(2)14-28-19-12-17(11-18(25)13-19)20(26)24-10-6-8-22(24)7-5-9-23(16(3)4)21(22)27/h11-13,15-16,25H,5-10,14H2,1-4H3. The van der Waals surface area contributed by atoms with Crippen LogP contribution < -0.4 is 4.74 Å². The maximum atomic E-state index is 13.4. The second-order valence-corrected chi connectivity index (χ2v) is 8.71. The van der Waals surface area contributed by atoms with Crippen molar-refractivity contribution in [2.45, 2.75) is 65.0 Å². The number of carbonyl (C=O) groups excluding carboxylic acids is 2. The van der Waals surface area contributed by atoms with Crippen molar-refractivity contribution in [3.05, 3.63) is 23.8 Å². The molecule has 0 radical (unpaired) electrons. The average molecular weight is 389 g/mol. The van der Waals surface area contributed by atoms with Gasteiger partial charge >= 0.3 is 0 Å². The van der Waals surface area contributed by atoms with Gasteiger partial charge in [0.2, 0.25) is 5.91 Å². The van der Waals surface area contributed by atoms with Gasteiger partial charge in [0.05, 0.1) is 6.61 Å². The number of rotatable bonds is 5. The van der Waals surface area contributed by atoms with Gasteiger partial charge in [-0.15, -0.1) is 0 Å². The van der Waals surface area contributed by atoms with Gasteiger partial charge in [-0.25, -0.2) is 0 Å². The molecular formula is C22H32N2O4. The van der Waals surface area contributed by atoms with Crippen molar-refractivity contribution >= 4 is 11.8 Å². The molecule has 2 heterocycles. The molecule has 1 N–H and O–H groups in total. The van der Waals surface area contributed by atoms with Gasteiger partial charge in [0.15, 0.2) is 0 Å². The summed E-state index contributed by atoms with van der Waals surface area (Å²) in [7, 11) is 0. The molecule has 2 fully saturated rings. The number of likely N-dealkylation sites (tertiary alicyclic amines) is 2. The first-order valence-corrected chi connectivity index (χ1v) is 10.3. The van der Waals surface area contributed by atoms with Crippen LogP contribution in [0.15, 0.2) is 18.2 Å². The number of benzene rings is 1. The Morgan fingerprint density at radius 1 is 1.14 bits per heavy atom. The predicted octanol–water partition coefficient (Wildman–Crippen LogP) is 3.43. The third kappa shape index (κ3) is 3.82. The van der Waals surface area contributed by atoms with E-state index in [4.69, 9.17) is 4.74 Å². The van der Waals surface area contributed by atoms with E-state index in [1.165, 1.54) is 12.1 Å². The van der Waals surface area contributed by atoms with Gasteiger partial charge in [0.1, 0.15) is 17.0 Å². The number of phenols is 1. The third-order valence-corrected chi connectivity index (χ3v) is 5.73. The highest BCUT2D eigenvalue weighted by Gasteiger charge is 2.53. The van der Waals surface area contributed by atoms with Crippen molar-refractivity contribution < 1.29 is 19.4 Å². The number of ether oxygens (including phenoxy) is 1. The monoisotopic (exact) mass is 388 g/mol. The molecular weight excluding hydrogens is 356 g/mol. The lowest BCUT2D eigenvalue weighted by molar-refractivity contribution is -0.147. The quantitative estimate of drug-likeness (QED) is 0.839. The maximum Gasteiger partial charge on any atom is 0.255 e. The first-order valence-electron chi connectivity index (χ1n) is 10.3. The van der Waals surface area contributed by atoms with Crippen molar-refractivity contribution in [2.24, 2.45) is 5.92 Å². The first-order chi connectivity index (χ1) is 13.2. The molecule has 2 aliphatic rings. The van der Waals surface area contributed by atoms with Crippen LogP contribution in [0.25, 0.3) is 0 Å². The fraction of sp³-hybridized carbons (Fsp3) is 0.636. The van der Waals surface area contributed by atoms with E-state index in [0.717, 1.165) is 19.4 Å². The molecule has 0 bridgehead atoms. The second-order valence-electron chi connectivity index (χ2n) is 8.71. The Morgan fingerprint density at radius 3 is 2.46 bits per heavy atom. The van der Waals surface area contributed by atoms with Crippen LogP contribution in [-0.4, -0.2) is 58.0 Å². The molecule has 1 aromatic carbocycles. The minimum Gasteiger partial charge on any atom is -0.508 e. The van der Waals surface area contributed by atoms with Gasteiger partial charge in [0.25, 0.3) is 5.91 Å². The second kappa shape index (κ2) is 8.02. The van der Waals surface area contributed by atoms with Crippen LogP contribution in [0.4, 0.5) is 0 Å². The summed E-state index contributed by atoms with van der Waals surface area (Å²) in [5, 5.41) is 10.1. The molecule has 2 amide bonds. The van der Waals surface area contributed by atoms with Crippen LogP contribution in [-0.2, 0) is 4.79 Å². The molecule has 2 aliphatic heterocycles. The lowest BCUT2D eigenvalue weighted by atomic mass is 9.84. The van der Waals surface area contributed by atoms with Gasteiger partial charge in [-0.05, 0) is 57.6 Å². The molecule has 28 heavy (non-hydrogen) atoms. The summed E-state index contributed by atoms with van der Waals surface area (Å²) in [5.41, 5.74) is -0.376. The number of carbonyl (C=O) groups is 2. The van der Waals surface area contributed by atoms with Crippen LogP contribution in [0.1, 0.15) is 63.7 Å². The SMILES string of the molecule is CC(C)COc1cc(O)cc(C(=O)N2CCCC23CCCN(C(C)C)C3=O)c1. The minimum atomic E-state index is -0.746. The van der Waals surface area contributed by atoms with E-state index in [1.54, 1.807) is 11.0 Å². The number of hydrogen-bond acceptors (Lipinski definition) is 4. The van der Waals surface area contributed by atoms with Crippen molar-refractivity contribution in [3.63, 3.8) is 0 Å². The Bertz CT molecular complexity index is 746. The zero-order valence-corrected chi connectivity index (χ0v) is 17.4. The van der Waals surface area contributed by atoms with E-state index in [2.05, 4.69) is 0 Å². The smallest absolute Gasteiger partial charge is 0.255 e. The average Bonchev–Trinajstić information content (AvgIpc) is 3.05. The summed E-state index contributed by atoms with van der Waals surface area (Å²) in [6.07, 6.45) is 3.13. The largest absolute Gasteiger partial charge is 0.508 e. The topological polar surface area (TPSA) is 70.1 Å². The fourth-order valence-electron chi connectivity index (χ4n) is 4.38. The van der Waals surface area contributed by atoms with Gasteiger partial charge in [0, 0.05) is 30.8 Å². The molecule has 1 aromatic rings. The number of aromatic hydroxyl groups is 1. The van der Waals surface area contributed by atoms with E-state index in [0.29, 0.717) is 43.2 Å². The van der Waals surface area contributed by atoms with Crippen molar-refractivity contribution in [1.82, 2.24) is 9.80 Å². The Hall–Kier alpha value is -2.24. The van der Waals surface area contributed by atoms with E-state index in [-0.39, 0.29) is 23.6 Å². The van der Waals surface area contributed by atoms with Gasteiger partial charge < -0.3 is 19.6 Å². The van der Waals surface area contributed by atoms with Crippen LogP contribution in [0.5, 0.6) is 11.5 Å². The highest BCUT2D eigenvalue weighted by Crippen LogP contribution is 2.40. The molecule has 1 spiro atoms. The molecule has 0 aromatic heterocycles. The molecule has 1 unspecified atom stereocenters. The van der Waals surface area contributed by atoms with Crippen LogP contribution >= 0.6 is 0 Å². The third-order valence-electron chi connectivity index (χ3n) is 5.73. The fourth-order valence-corrected chi connectivity index (χ4v) is 4.38. The molecule has 6 nitrogen and oxygen atoms in total. The van der Waals surface area contributed by atoms with Gasteiger partial charge in [-0.2, -0.15) is 0 Å². The highest BCUT2D eigenvalue weighted by molar-refractivity contribution is 6.00. The first kappa shape index (κ1) is 20.5. The highest BCUT2D eigenvalue weighted by atomic mass is 16.5. The predicted molar refractivity (Wildman–Crippen MR) is 108 cm³/mol. The van der Waals surface area contributed by atoms with E-state index in [1.807, 2.05) is 32.6 Å². The van der Waals surface area contributed by atoms with E-state index in [9.17, 15) is 14.7 Å². The summed E-state index contributed by atoms with van der Waals surface area (Å²) in [6, 6.07) is 4.78. The van der Waals surface area contributed by atoms with E-state index >= 15 is 0 Å². The number of phenolic OH excluding ortho intramolecular Hbond substituents is 1. The number of nitrogens with zero attached hydrogens (tertiary/aromatic N) is 2. The molecule has 1 atom stereocenters. The summed E-state index contributed by atoms with van der Waals surface area (Å²) in [6.45, 7) is 9.94. The van der Waals surface area contributed by atoms with Gasteiger partial charge in [-0.1, -0.05) is 13.8 Å². The maximum absolute atomic E-state index is 13.4. The number of piperidine rings is 1. The zero-order valence-electron chi connectivity index (χ0n) is 17.4. The Labute approximate surface area is 167 Å². The lowest BCUT2D eigenvalue weighted by Gasteiger charge is -2.46. The molecule has 6 heteroatoms. The van der Waals surface area contributed by atoms with Crippen molar-refractivity contribution in [3.8, 4) is 11.5 Å². The van der Waals surface area contributed by atoms with Crippen LogP contribution in [0.2, 0.25) is 0 Å². The Balaban J connectivity index is 1.88. The van der Waals surface area contributed by atoms with Crippen LogP contribution in [0.3, 0.4) is 0 Å². The Morgan fingerprint density at radius 2 is 1.82 bits per heavy atom. The molecule has 3 rings (SSSR count). The minimum absolute atomic E-state index is 0.00312. The summed E-state index contributed by atoms with van der Waals surface area (Å²) < 4.78 is 5.70. The van der Waals surface area contributed by atoms with Crippen molar-refractivity contribution in [1.29, 1.82) is 0 Å². The van der Waals surface area contributed by atoms with Gasteiger partial charge in [-0.3, -0.25) is 9.59 Å². The Kier molecular flexibility index (Phi) is 5.87. The molecule has 0 aliphatic carbocycles. The summed E-state index contributed by atoms with van der Waals surface area (Å²) in [4.78, 5) is 30.3.